The van der Waals surface area contributed by atoms with E-state index in [0.29, 0.717) is 17.6 Å². The minimum atomic E-state index is -0.985. The fourth-order valence-corrected chi connectivity index (χ4v) is 2.73. The molecule has 1 heterocycles. The van der Waals surface area contributed by atoms with E-state index in [0.717, 1.165) is 16.0 Å². The molecule has 15 heavy (non-hydrogen) atoms. The van der Waals surface area contributed by atoms with Gasteiger partial charge < -0.3 is 14.7 Å². The van der Waals surface area contributed by atoms with Crippen molar-refractivity contribution in [2.45, 2.75) is 28.9 Å². The Kier molecular flexibility index (Phi) is 4.01. The van der Waals surface area contributed by atoms with Gasteiger partial charge >= 0.3 is 0 Å². The van der Waals surface area contributed by atoms with Crippen LogP contribution in [0.1, 0.15) is 18.9 Å². The lowest BCUT2D eigenvalue weighted by Gasteiger charge is -2.12. The zero-order valence-electron chi connectivity index (χ0n) is 8.34. The van der Waals surface area contributed by atoms with Gasteiger partial charge in [0.25, 0.3) is 0 Å². The normalized spacial score (nSPS) is 11.7. The Morgan fingerprint density at radius 2 is 2.13 bits per heavy atom. The van der Waals surface area contributed by atoms with E-state index in [1.807, 2.05) is 0 Å². The first-order valence-corrected chi connectivity index (χ1v) is 5.93. The molecule has 0 fully saturated rings. The molecule has 0 radical (unpaired) electrons. The molecule has 1 rings (SSSR count). The van der Waals surface area contributed by atoms with Gasteiger partial charge in [0.2, 0.25) is 0 Å². The van der Waals surface area contributed by atoms with Crippen LogP contribution >= 0.6 is 23.1 Å². The Morgan fingerprint density at radius 3 is 2.53 bits per heavy atom. The molecule has 1 N–H and O–H groups in total. The third-order valence-corrected chi connectivity index (χ3v) is 4.00. The molecule has 0 amide bonds. The maximum atomic E-state index is 10.4. The van der Waals surface area contributed by atoms with E-state index in [4.69, 9.17) is 0 Å². The Bertz CT molecular complexity index is 348. The average Bonchev–Trinajstić information content (AvgIpc) is 2.61. The molecular formula is C9H11NO3S2. The molecule has 6 heteroatoms. The number of aromatic nitrogens is 1. The third-order valence-electron chi connectivity index (χ3n) is 1.53. The quantitative estimate of drug-likeness (QED) is 0.480. The van der Waals surface area contributed by atoms with Crippen molar-refractivity contribution in [3.8, 4) is 0 Å². The van der Waals surface area contributed by atoms with Crippen LogP contribution in [0.4, 0.5) is 0 Å². The van der Waals surface area contributed by atoms with Crippen molar-refractivity contribution in [1.29, 1.82) is 0 Å². The van der Waals surface area contributed by atoms with Crippen LogP contribution in [0.2, 0.25) is 0 Å². The maximum Gasteiger partial charge on any atom is 0.140 e. The number of aldehydes is 2. The molecule has 4 nitrogen and oxygen atoms in total. The Hall–Kier alpha value is -0.720. The van der Waals surface area contributed by atoms with E-state index in [-0.39, 0.29) is 0 Å². The Balaban J connectivity index is 2.76. The fraction of sp³-hybridized carbons (Fsp3) is 0.444. The van der Waals surface area contributed by atoms with Gasteiger partial charge in [0.1, 0.15) is 28.4 Å². The van der Waals surface area contributed by atoms with Crippen LogP contribution in [-0.4, -0.2) is 27.9 Å². The zero-order valence-corrected chi connectivity index (χ0v) is 9.97. The first-order chi connectivity index (χ1) is 6.97. The van der Waals surface area contributed by atoms with E-state index in [9.17, 15) is 14.7 Å². The van der Waals surface area contributed by atoms with Gasteiger partial charge in [-0.25, -0.2) is 4.98 Å². The predicted molar refractivity (Wildman–Crippen MR) is 59.1 cm³/mol. The molecule has 0 spiro atoms. The van der Waals surface area contributed by atoms with Crippen LogP contribution in [0.5, 0.6) is 0 Å². The number of carbonyl (C=O) groups is 2. The van der Waals surface area contributed by atoms with E-state index in [2.05, 4.69) is 4.98 Å². The maximum absolute atomic E-state index is 10.4. The number of rotatable bonds is 5. The molecule has 1 aromatic heterocycles. The van der Waals surface area contributed by atoms with Crippen LogP contribution in [0, 0.1) is 0 Å². The molecule has 1 aromatic rings. The highest BCUT2D eigenvalue weighted by Gasteiger charge is 2.21. The van der Waals surface area contributed by atoms with Gasteiger partial charge in [-0.05, 0) is 13.8 Å². The lowest BCUT2D eigenvalue weighted by Crippen LogP contribution is -2.14. The number of nitrogens with zero attached hydrogens (tertiary/aromatic N) is 1. The first kappa shape index (κ1) is 12.4. The van der Waals surface area contributed by atoms with Crippen molar-refractivity contribution < 1.29 is 14.7 Å². The molecule has 0 aliphatic rings. The second kappa shape index (κ2) is 4.87. The van der Waals surface area contributed by atoms with Gasteiger partial charge in [0.15, 0.2) is 0 Å². The van der Waals surface area contributed by atoms with Gasteiger partial charge in [-0.3, -0.25) is 0 Å². The lowest BCUT2D eigenvalue weighted by molar-refractivity contribution is -0.113. The molecule has 82 valence electrons. The smallest absolute Gasteiger partial charge is 0.140 e. The van der Waals surface area contributed by atoms with Crippen molar-refractivity contribution in [3.63, 3.8) is 0 Å². The van der Waals surface area contributed by atoms with Crippen LogP contribution in [0.15, 0.2) is 10.4 Å². The van der Waals surface area contributed by atoms with Crippen molar-refractivity contribution in [2.24, 2.45) is 0 Å². The molecule has 0 atom stereocenters. The summed E-state index contributed by atoms with van der Waals surface area (Å²) >= 11 is 2.42. The average molecular weight is 245 g/mol. The summed E-state index contributed by atoms with van der Waals surface area (Å²) in [7, 11) is 0. The van der Waals surface area contributed by atoms with E-state index in [1.54, 1.807) is 20.0 Å². The van der Waals surface area contributed by atoms with Gasteiger partial charge in [-0.2, -0.15) is 0 Å². The van der Waals surface area contributed by atoms with Gasteiger partial charge in [0.05, 0.1) is 10.4 Å². The first-order valence-electron chi connectivity index (χ1n) is 4.23. The summed E-state index contributed by atoms with van der Waals surface area (Å²) in [4.78, 5) is 24.9. The van der Waals surface area contributed by atoms with E-state index >= 15 is 0 Å². The van der Waals surface area contributed by atoms with E-state index < -0.39 is 10.9 Å². The van der Waals surface area contributed by atoms with Crippen LogP contribution in [-0.2, 0) is 15.2 Å². The highest BCUT2D eigenvalue weighted by atomic mass is 32.2. The largest absolute Gasteiger partial charge is 0.383 e. The predicted octanol–water partition coefficient (Wildman–Crippen LogP) is 1.23. The molecule has 0 saturated carbocycles. The number of carbonyl (C=O) groups excluding carboxylic acids is 2. The Morgan fingerprint density at radius 1 is 1.53 bits per heavy atom. The standard InChI is InChI=1S/C9H11NO3S2/c1-9(2,13)8-10-3-7(15-8)14-6(4-11)5-12/h3-6,13H,1-2H3. The molecule has 0 aliphatic carbocycles. The molecule has 0 bridgehead atoms. The molecule has 0 saturated heterocycles. The van der Waals surface area contributed by atoms with Crippen molar-refractivity contribution in [1.82, 2.24) is 4.98 Å². The van der Waals surface area contributed by atoms with Crippen LogP contribution < -0.4 is 0 Å². The number of aliphatic hydroxyl groups is 1. The summed E-state index contributed by atoms with van der Waals surface area (Å²) < 4.78 is 0.747. The van der Waals surface area contributed by atoms with Crippen molar-refractivity contribution in [3.05, 3.63) is 11.2 Å². The number of hydrogen-bond donors (Lipinski definition) is 1. The van der Waals surface area contributed by atoms with Gasteiger partial charge in [0, 0.05) is 0 Å². The molecule has 0 unspecified atom stereocenters. The second-order valence-electron chi connectivity index (χ2n) is 3.40. The minimum absolute atomic E-state index is 0.570. The number of hydrogen-bond acceptors (Lipinski definition) is 6. The molecule has 0 aliphatic heterocycles. The SMILES string of the molecule is CC(C)(O)c1ncc(SC(C=O)C=O)s1. The summed E-state index contributed by atoms with van der Waals surface area (Å²) in [6, 6.07) is 0. The van der Waals surface area contributed by atoms with Gasteiger partial charge in [-0.15, -0.1) is 11.3 Å². The van der Waals surface area contributed by atoms with Crippen LogP contribution in [0.25, 0.3) is 0 Å². The monoisotopic (exact) mass is 245 g/mol. The number of thiazole rings is 1. The summed E-state index contributed by atoms with van der Waals surface area (Å²) in [5.74, 6) is 0. The Labute approximate surface area is 95.7 Å². The number of thioether (sulfide) groups is 1. The van der Waals surface area contributed by atoms with Crippen molar-refractivity contribution in [2.75, 3.05) is 0 Å². The summed E-state index contributed by atoms with van der Waals surface area (Å²) in [5.41, 5.74) is -0.985. The summed E-state index contributed by atoms with van der Waals surface area (Å²) in [6.07, 6.45) is 2.73. The highest BCUT2D eigenvalue weighted by molar-refractivity contribution is 8.02. The lowest BCUT2D eigenvalue weighted by atomic mass is 10.2. The molecule has 0 aromatic carbocycles. The topological polar surface area (TPSA) is 67.3 Å². The van der Waals surface area contributed by atoms with E-state index in [1.165, 1.54) is 11.3 Å². The highest BCUT2D eigenvalue weighted by Crippen LogP contribution is 2.32. The zero-order chi connectivity index (χ0) is 11.5. The third kappa shape index (κ3) is 3.40. The van der Waals surface area contributed by atoms with Gasteiger partial charge in [-0.1, -0.05) is 11.8 Å². The fourth-order valence-electron chi connectivity index (χ4n) is 0.818. The van der Waals surface area contributed by atoms with Crippen LogP contribution in [0.3, 0.4) is 0 Å². The summed E-state index contributed by atoms with van der Waals surface area (Å²) in [6.45, 7) is 3.27. The summed E-state index contributed by atoms with van der Waals surface area (Å²) in [5, 5.41) is 9.53. The van der Waals surface area contributed by atoms with Crippen molar-refractivity contribution >= 4 is 35.7 Å². The second-order valence-corrected chi connectivity index (χ2v) is 5.91. The minimum Gasteiger partial charge on any atom is -0.383 e. The molecular weight excluding hydrogens is 234 g/mol.